The van der Waals surface area contributed by atoms with Crippen LogP contribution in [-0.4, -0.2) is 65.7 Å². The largest absolute Gasteiger partial charge is 0.448 e. The standard InChI is InChI=1S/C25H23ClF2N2O6S/c1-34-25(29-18(31)14-37-24(27)28)22(33)30-19(17(12-26)13-35-23(25)30)21(32)36-20(15-8-4-2-5-9-15)16-10-6-3-7-11-16/h2-11,20,23-24H,12-14H2,1H3,(H,29,31)/t23-,25+/m1/s1. The Kier molecular flexibility index (Phi) is 8.48. The Balaban J connectivity index is 1.61. The van der Waals surface area contributed by atoms with E-state index >= 15 is 0 Å². The molecule has 2 amide bonds. The summed E-state index contributed by atoms with van der Waals surface area (Å²) in [6.07, 6.45) is -2.01. The lowest BCUT2D eigenvalue weighted by molar-refractivity contribution is -0.258. The summed E-state index contributed by atoms with van der Waals surface area (Å²) in [6.45, 7) is -0.142. The van der Waals surface area contributed by atoms with Gasteiger partial charge in [0.25, 0.3) is 17.4 Å². The van der Waals surface area contributed by atoms with Crippen LogP contribution >= 0.6 is 23.4 Å². The number of nitrogens with one attached hydrogen (secondary N) is 1. The van der Waals surface area contributed by atoms with E-state index in [0.717, 1.165) is 4.90 Å². The maximum Gasteiger partial charge on any atom is 0.356 e. The Labute approximate surface area is 220 Å². The van der Waals surface area contributed by atoms with Crippen LogP contribution in [0.25, 0.3) is 0 Å². The average molecular weight is 553 g/mol. The van der Waals surface area contributed by atoms with Crippen molar-refractivity contribution < 1.29 is 37.4 Å². The van der Waals surface area contributed by atoms with Crippen molar-refractivity contribution in [2.45, 2.75) is 23.8 Å². The van der Waals surface area contributed by atoms with Crippen molar-refractivity contribution >= 4 is 41.1 Å². The van der Waals surface area contributed by atoms with E-state index in [1.807, 2.05) is 60.7 Å². The van der Waals surface area contributed by atoms with Crippen LogP contribution in [0, 0.1) is 0 Å². The van der Waals surface area contributed by atoms with Crippen molar-refractivity contribution in [1.29, 1.82) is 0 Å². The molecule has 0 saturated carbocycles. The third kappa shape index (κ3) is 5.35. The third-order valence-corrected chi connectivity index (χ3v) is 6.89. The van der Waals surface area contributed by atoms with E-state index in [4.69, 9.17) is 25.8 Å². The van der Waals surface area contributed by atoms with Gasteiger partial charge in [-0.1, -0.05) is 72.4 Å². The van der Waals surface area contributed by atoms with Crippen molar-refractivity contribution in [3.63, 3.8) is 0 Å². The molecule has 4 rings (SSSR count). The van der Waals surface area contributed by atoms with E-state index in [1.54, 1.807) is 0 Å². The number of β-lactam (4-membered cyclic amide) rings is 1. The first-order chi connectivity index (χ1) is 17.8. The van der Waals surface area contributed by atoms with Crippen LogP contribution in [0.1, 0.15) is 17.2 Å². The van der Waals surface area contributed by atoms with Gasteiger partial charge in [-0.3, -0.25) is 14.5 Å². The average Bonchev–Trinajstić information content (AvgIpc) is 2.93. The minimum absolute atomic E-state index is 0.100. The first kappa shape index (κ1) is 27.1. The molecule has 0 radical (unpaired) electrons. The van der Waals surface area contributed by atoms with Gasteiger partial charge in [-0.2, -0.15) is 8.78 Å². The number of benzene rings is 2. The lowest BCUT2D eigenvalue weighted by Crippen LogP contribution is -2.82. The molecule has 2 aliphatic heterocycles. The Hall–Kier alpha value is -2.99. The number of ether oxygens (including phenoxy) is 3. The number of esters is 1. The number of halogens is 3. The van der Waals surface area contributed by atoms with Crippen molar-refractivity contribution in [2.75, 3.05) is 25.3 Å². The predicted octanol–water partition coefficient (Wildman–Crippen LogP) is 3.43. The van der Waals surface area contributed by atoms with Gasteiger partial charge in [0.15, 0.2) is 12.3 Å². The predicted molar refractivity (Wildman–Crippen MR) is 131 cm³/mol. The fourth-order valence-corrected chi connectivity index (χ4v) is 4.72. The minimum atomic E-state index is -2.76. The van der Waals surface area contributed by atoms with Crippen LogP contribution < -0.4 is 5.32 Å². The zero-order chi connectivity index (χ0) is 26.6. The second-order valence-electron chi connectivity index (χ2n) is 8.09. The molecule has 12 heteroatoms. The number of hydrogen-bond acceptors (Lipinski definition) is 7. The number of fused-ring (bicyclic) bond motifs is 1. The van der Waals surface area contributed by atoms with E-state index in [2.05, 4.69) is 5.32 Å². The van der Waals surface area contributed by atoms with Crippen LogP contribution in [0.5, 0.6) is 0 Å². The van der Waals surface area contributed by atoms with Crippen LogP contribution in [0.3, 0.4) is 0 Å². The van der Waals surface area contributed by atoms with Gasteiger partial charge in [0.05, 0.1) is 12.4 Å². The Morgan fingerprint density at radius 3 is 2.27 bits per heavy atom. The van der Waals surface area contributed by atoms with E-state index in [1.165, 1.54) is 7.11 Å². The molecule has 2 aromatic rings. The number of alkyl halides is 3. The van der Waals surface area contributed by atoms with Gasteiger partial charge in [-0.05, 0) is 11.1 Å². The summed E-state index contributed by atoms with van der Waals surface area (Å²) in [5.41, 5.74) is -0.369. The fourth-order valence-electron chi connectivity index (χ4n) is 4.16. The summed E-state index contributed by atoms with van der Waals surface area (Å²) < 4.78 is 41.9. The number of hydrogen-bond donors (Lipinski definition) is 1. The molecule has 8 nitrogen and oxygen atoms in total. The molecule has 1 N–H and O–H groups in total. The quantitative estimate of drug-likeness (QED) is 0.209. The van der Waals surface area contributed by atoms with Gasteiger partial charge in [0.1, 0.15) is 5.70 Å². The molecule has 1 saturated heterocycles. The zero-order valence-electron chi connectivity index (χ0n) is 19.6. The molecule has 0 aromatic heterocycles. The zero-order valence-corrected chi connectivity index (χ0v) is 21.1. The first-order valence-electron chi connectivity index (χ1n) is 11.1. The van der Waals surface area contributed by atoms with Gasteiger partial charge in [-0.15, -0.1) is 11.6 Å². The van der Waals surface area contributed by atoms with Crippen molar-refractivity contribution in [3.05, 3.63) is 83.1 Å². The summed E-state index contributed by atoms with van der Waals surface area (Å²) in [5.74, 6) is -5.98. The van der Waals surface area contributed by atoms with Gasteiger partial charge < -0.3 is 19.5 Å². The molecular weight excluding hydrogens is 530 g/mol. The van der Waals surface area contributed by atoms with Crippen molar-refractivity contribution in [3.8, 4) is 0 Å². The Morgan fingerprint density at radius 1 is 1.16 bits per heavy atom. The van der Waals surface area contributed by atoms with Crippen molar-refractivity contribution in [1.82, 2.24) is 10.2 Å². The fraction of sp³-hybridized carbons (Fsp3) is 0.320. The molecule has 196 valence electrons. The summed E-state index contributed by atoms with van der Waals surface area (Å²) in [4.78, 5) is 40.1. The van der Waals surface area contributed by atoms with Crippen LogP contribution in [-0.2, 0) is 28.6 Å². The number of nitrogens with zero attached hydrogens (tertiary/aromatic N) is 1. The minimum Gasteiger partial charge on any atom is -0.448 e. The van der Waals surface area contributed by atoms with Crippen LogP contribution in [0.15, 0.2) is 71.9 Å². The maximum absolute atomic E-state index is 13.6. The maximum atomic E-state index is 13.6. The summed E-state index contributed by atoms with van der Waals surface area (Å²) >= 11 is 6.18. The second-order valence-corrected chi connectivity index (χ2v) is 9.34. The molecule has 0 bridgehead atoms. The molecule has 2 heterocycles. The van der Waals surface area contributed by atoms with E-state index in [0.29, 0.717) is 16.7 Å². The molecule has 0 unspecified atom stereocenters. The lowest BCUT2D eigenvalue weighted by atomic mass is 9.94. The molecule has 1 fully saturated rings. The summed E-state index contributed by atoms with van der Waals surface area (Å²) in [5, 5.41) is 2.33. The van der Waals surface area contributed by atoms with E-state index < -0.39 is 47.4 Å². The Morgan fingerprint density at radius 2 is 1.76 bits per heavy atom. The number of methoxy groups -OCH3 is 1. The number of carbonyl (C=O) groups excluding carboxylic acids is 3. The first-order valence-corrected chi connectivity index (χ1v) is 12.7. The SMILES string of the molecule is CO[C@@]1(NC(=O)CSC(F)F)C(=O)N2C(C(=O)OC(c3ccccc3)c3ccccc3)=C(CCl)CO[C@@H]21. The highest BCUT2D eigenvalue weighted by atomic mass is 35.5. The van der Waals surface area contributed by atoms with E-state index in [9.17, 15) is 23.2 Å². The normalized spacial score (nSPS) is 21.1. The number of amides is 2. The topological polar surface area (TPSA) is 94.2 Å². The van der Waals surface area contributed by atoms with Crippen LogP contribution in [0.2, 0.25) is 0 Å². The number of thioether (sulfide) groups is 1. The highest BCUT2D eigenvalue weighted by Crippen LogP contribution is 2.41. The summed E-state index contributed by atoms with van der Waals surface area (Å²) in [6, 6.07) is 18.2. The summed E-state index contributed by atoms with van der Waals surface area (Å²) in [7, 11) is 1.17. The van der Waals surface area contributed by atoms with Gasteiger partial charge in [0.2, 0.25) is 5.91 Å². The number of carbonyl (C=O) groups is 3. The second kappa shape index (κ2) is 11.6. The molecule has 2 atom stereocenters. The highest BCUT2D eigenvalue weighted by molar-refractivity contribution is 8.00. The van der Waals surface area contributed by atoms with Gasteiger partial charge in [0, 0.05) is 18.6 Å². The van der Waals surface area contributed by atoms with Crippen molar-refractivity contribution in [2.24, 2.45) is 0 Å². The molecular formula is C25H23ClF2N2O6S. The molecule has 0 aliphatic carbocycles. The third-order valence-electron chi connectivity index (χ3n) is 5.88. The monoisotopic (exact) mass is 552 g/mol. The highest BCUT2D eigenvalue weighted by Gasteiger charge is 2.67. The molecule has 2 aromatic carbocycles. The smallest absolute Gasteiger partial charge is 0.356 e. The molecule has 0 spiro atoms. The lowest BCUT2D eigenvalue weighted by Gasteiger charge is -2.55. The van der Waals surface area contributed by atoms with Crippen LogP contribution in [0.4, 0.5) is 8.78 Å². The van der Waals surface area contributed by atoms with E-state index in [-0.39, 0.29) is 29.9 Å². The molecule has 2 aliphatic rings. The molecule has 37 heavy (non-hydrogen) atoms. The van der Waals surface area contributed by atoms with Gasteiger partial charge in [-0.25, -0.2) is 4.79 Å². The number of rotatable bonds is 10. The van der Waals surface area contributed by atoms with Gasteiger partial charge >= 0.3 is 5.97 Å². The Bertz CT molecular complexity index is 1150.